The first-order chi connectivity index (χ1) is 18.7. The number of aromatic nitrogens is 3. The average molecular weight is 533 g/mol. The van der Waals surface area contributed by atoms with Crippen molar-refractivity contribution < 1.29 is 19.1 Å². The number of aromatic amines is 1. The first-order valence-electron chi connectivity index (χ1n) is 13.2. The van der Waals surface area contributed by atoms with Crippen LogP contribution in [0.3, 0.4) is 0 Å². The van der Waals surface area contributed by atoms with Crippen LogP contribution < -0.4 is 10.6 Å². The van der Waals surface area contributed by atoms with Crippen LogP contribution in [0, 0.1) is 0 Å². The summed E-state index contributed by atoms with van der Waals surface area (Å²) in [4.78, 5) is 53.0. The summed E-state index contributed by atoms with van der Waals surface area (Å²) < 4.78 is 5.40. The van der Waals surface area contributed by atoms with Gasteiger partial charge in [0.05, 0.1) is 12.4 Å². The molecule has 1 aliphatic rings. The van der Waals surface area contributed by atoms with E-state index in [1.165, 1.54) is 6.33 Å². The minimum atomic E-state index is -0.924. The highest BCUT2D eigenvalue weighted by molar-refractivity contribution is 5.92. The number of rotatable bonds is 9. The molecule has 3 N–H and O–H groups in total. The molecule has 1 aliphatic heterocycles. The van der Waals surface area contributed by atoms with E-state index in [1.54, 1.807) is 38.1 Å². The fraction of sp³-hybridized carbons (Fsp3) is 0.414. The number of carbonyl (C=O) groups excluding carboxylic acids is 3. The molecule has 3 aromatic rings. The van der Waals surface area contributed by atoms with Crippen molar-refractivity contribution in [1.82, 2.24) is 30.5 Å². The zero-order chi connectivity index (χ0) is 27.8. The van der Waals surface area contributed by atoms with E-state index in [9.17, 15) is 14.4 Å². The third-order valence-corrected chi connectivity index (χ3v) is 6.46. The minimum Gasteiger partial charge on any atom is -0.444 e. The molecule has 10 nitrogen and oxygen atoms in total. The maximum atomic E-state index is 13.8. The van der Waals surface area contributed by atoms with Crippen molar-refractivity contribution in [1.29, 1.82) is 0 Å². The average Bonchev–Trinajstić information content (AvgIpc) is 3.60. The van der Waals surface area contributed by atoms with Crippen molar-refractivity contribution in [3.05, 3.63) is 84.2 Å². The Morgan fingerprint density at radius 3 is 2.51 bits per heavy atom. The Labute approximate surface area is 228 Å². The number of carbonyl (C=O) groups is 3. The van der Waals surface area contributed by atoms with E-state index in [1.807, 2.05) is 48.5 Å². The van der Waals surface area contributed by atoms with E-state index < -0.39 is 23.8 Å². The Kier molecular flexibility index (Phi) is 8.96. The van der Waals surface area contributed by atoms with Crippen molar-refractivity contribution in [2.75, 3.05) is 6.54 Å². The Morgan fingerprint density at radius 2 is 1.85 bits per heavy atom. The van der Waals surface area contributed by atoms with E-state index in [2.05, 4.69) is 25.6 Å². The van der Waals surface area contributed by atoms with Crippen LogP contribution in [0.5, 0.6) is 0 Å². The molecule has 3 amide bonds. The van der Waals surface area contributed by atoms with Gasteiger partial charge in [0.25, 0.3) is 0 Å². The molecule has 10 heteroatoms. The van der Waals surface area contributed by atoms with Gasteiger partial charge < -0.3 is 25.3 Å². The summed E-state index contributed by atoms with van der Waals surface area (Å²) in [6.07, 6.45) is 6.08. The Hall–Kier alpha value is -4.21. The van der Waals surface area contributed by atoms with Crippen LogP contribution in [0.15, 0.2) is 67.3 Å². The van der Waals surface area contributed by atoms with Gasteiger partial charge in [-0.2, -0.15) is 0 Å². The second-order valence-corrected chi connectivity index (χ2v) is 10.7. The quantitative estimate of drug-likeness (QED) is 0.388. The molecular formula is C29H36N6O4. The fourth-order valence-corrected chi connectivity index (χ4v) is 4.70. The molecule has 1 saturated heterocycles. The van der Waals surface area contributed by atoms with Gasteiger partial charge in [0.2, 0.25) is 11.8 Å². The number of likely N-dealkylation sites (tertiary alicyclic amines) is 1. The Balaban J connectivity index is 1.50. The molecule has 0 saturated carbocycles. The van der Waals surface area contributed by atoms with Crippen molar-refractivity contribution in [3.63, 3.8) is 0 Å². The number of amides is 3. The largest absolute Gasteiger partial charge is 0.444 e. The molecule has 0 spiro atoms. The number of H-pyrrole nitrogens is 1. The molecule has 3 heterocycles. The first kappa shape index (κ1) is 27.8. The van der Waals surface area contributed by atoms with Gasteiger partial charge in [-0.1, -0.05) is 36.4 Å². The number of hydrogen-bond acceptors (Lipinski definition) is 6. The Morgan fingerprint density at radius 1 is 1.08 bits per heavy atom. The van der Waals surface area contributed by atoms with Crippen molar-refractivity contribution in [3.8, 4) is 0 Å². The topological polar surface area (TPSA) is 129 Å². The summed E-state index contributed by atoms with van der Waals surface area (Å²) in [7, 11) is 0. The normalized spacial score (nSPS) is 16.8. The number of ether oxygens (including phenoxy) is 1. The van der Waals surface area contributed by atoms with Gasteiger partial charge in [-0.3, -0.25) is 14.6 Å². The van der Waals surface area contributed by atoms with Crippen molar-refractivity contribution >= 4 is 17.9 Å². The Bertz CT molecular complexity index is 1230. The number of pyridine rings is 1. The molecule has 1 fully saturated rings. The third kappa shape index (κ3) is 7.89. The zero-order valence-electron chi connectivity index (χ0n) is 22.6. The lowest BCUT2D eigenvalue weighted by Crippen LogP contribution is -2.55. The molecule has 0 bridgehead atoms. The second-order valence-electron chi connectivity index (χ2n) is 10.7. The molecule has 4 rings (SSSR count). The lowest BCUT2D eigenvalue weighted by Gasteiger charge is -2.30. The monoisotopic (exact) mass is 532 g/mol. The minimum absolute atomic E-state index is 0.190. The highest BCUT2D eigenvalue weighted by Gasteiger charge is 2.39. The predicted octanol–water partition coefficient (Wildman–Crippen LogP) is 3.33. The van der Waals surface area contributed by atoms with Gasteiger partial charge in [-0.05, 0) is 51.3 Å². The van der Waals surface area contributed by atoms with Gasteiger partial charge in [0.1, 0.15) is 17.7 Å². The highest BCUT2D eigenvalue weighted by atomic mass is 16.6. The molecule has 0 radical (unpaired) electrons. The number of alkyl carbamates (subject to hydrolysis) is 1. The summed E-state index contributed by atoms with van der Waals surface area (Å²) in [5.74, 6) is -0.572. The fourth-order valence-electron chi connectivity index (χ4n) is 4.70. The summed E-state index contributed by atoms with van der Waals surface area (Å²) in [5, 5.41) is 5.87. The maximum Gasteiger partial charge on any atom is 0.408 e. The van der Waals surface area contributed by atoms with E-state index in [0.717, 1.165) is 11.3 Å². The summed E-state index contributed by atoms with van der Waals surface area (Å²) in [6, 6.07) is 13.5. The molecule has 206 valence electrons. The lowest BCUT2D eigenvalue weighted by atomic mass is 10.0. The number of hydrogen-bond donors (Lipinski definition) is 3. The smallest absolute Gasteiger partial charge is 0.408 e. The number of imidazole rings is 1. The molecule has 3 unspecified atom stereocenters. The molecular weight excluding hydrogens is 496 g/mol. The molecule has 2 aromatic heterocycles. The van der Waals surface area contributed by atoms with Crippen LogP contribution in [-0.2, 0) is 27.2 Å². The van der Waals surface area contributed by atoms with Crippen LogP contribution in [-0.4, -0.2) is 62.0 Å². The lowest BCUT2D eigenvalue weighted by molar-refractivity contribution is -0.140. The van der Waals surface area contributed by atoms with Crippen LogP contribution >= 0.6 is 0 Å². The number of nitrogens with zero attached hydrogens (tertiary/aromatic N) is 3. The van der Waals surface area contributed by atoms with Crippen LogP contribution in [0.1, 0.15) is 56.6 Å². The van der Waals surface area contributed by atoms with E-state index in [4.69, 9.17) is 4.74 Å². The van der Waals surface area contributed by atoms with Crippen LogP contribution in [0.4, 0.5) is 4.79 Å². The van der Waals surface area contributed by atoms with E-state index in [0.29, 0.717) is 31.5 Å². The third-order valence-electron chi connectivity index (χ3n) is 6.46. The van der Waals surface area contributed by atoms with Crippen LogP contribution in [0.25, 0.3) is 0 Å². The van der Waals surface area contributed by atoms with Gasteiger partial charge in [-0.15, -0.1) is 0 Å². The van der Waals surface area contributed by atoms with Gasteiger partial charge in [-0.25, -0.2) is 9.78 Å². The van der Waals surface area contributed by atoms with Gasteiger partial charge in [0.15, 0.2) is 0 Å². The molecule has 39 heavy (non-hydrogen) atoms. The van der Waals surface area contributed by atoms with E-state index >= 15 is 0 Å². The summed E-state index contributed by atoms with van der Waals surface area (Å²) in [5.41, 5.74) is 1.77. The van der Waals surface area contributed by atoms with Crippen LogP contribution in [0.2, 0.25) is 0 Å². The molecule has 3 atom stereocenters. The first-order valence-corrected chi connectivity index (χ1v) is 13.2. The maximum absolute atomic E-state index is 13.8. The SMILES string of the molecule is CC(C)(C)OC(=O)NC(Cc1cnc[nH]1)C(=O)N1CCCC1C(=O)NC(Cc1ccccn1)c1ccccc1. The van der Waals surface area contributed by atoms with Gasteiger partial charge in [0, 0.05) is 43.2 Å². The predicted molar refractivity (Wildman–Crippen MR) is 145 cm³/mol. The van der Waals surface area contributed by atoms with Crippen molar-refractivity contribution in [2.45, 2.75) is 70.2 Å². The second kappa shape index (κ2) is 12.6. The summed E-state index contributed by atoms with van der Waals surface area (Å²) in [6.45, 7) is 5.69. The van der Waals surface area contributed by atoms with Crippen molar-refractivity contribution in [2.24, 2.45) is 0 Å². The van der Waals surface area contributed by atoms with E-state index in [-0.39, 0.29) is 24.3 Å². The molecule has 1 aromatic carbocycles. The molecule has 0 aliphatic carbocycles. The standard InChI is InChI=1S/C29H36N6O4/c1-29(2,3)39-28(38)34-24(17-22-18-30-19-32-22)27(37)35-15-9-13-25(35)26(36)33-23(20-10-5-4-6-11-20)16-21-12-7-8-14-31-21/h4-8,10-12,14,18-19,23-25H,9,13,15-17H2,1-3H3,(H,30,32)(H,33,36)(H,34,38). The number of nitrogens with one attached hydrogen (secondary N) is 3. The zero-order valence-corrected chi connectivity index (χ0v) is 22.6. The van der Waals surface area contributed by atoms with Gasteiger partial charge >= 0.3 is 6.09 Å². The highest BCUT2D eigenvalue weighted by Crippen LogP contribution is 2.23. The summed E-state index contributed by atoms with van der Waals surface area (Å²) >= 11 is 0. The number of benzene rings is 1.